The molecular weight excluding hydrogens is 176 g/mol. The third-order valence-corrected chi connectivity index (χ3v) is 1.95. The Kier molecular flexibility index (Phi) is 3.11. The van der Waals surface area contributed by atoms with Crippen LogP contribution in [0.2, 0.25) is 0 Å². The van der Waals surface area contributed by atoms with E-state index in [2.05, 4.69) is 4.98 Å². The summed E-state index contributed by atoms with van der Waals surface area (Å²) in [6.45, 7) is 6.17. The summed E-state index contributed by atoms with van der Waals surface area (Å²) in [6.07, 6.45) is 1.78. The Bertz CT molecular complexity index is 304. The minimum atomic E-state index is -0.675. The van der Waals surface area contributed by atoms with Crippen molar-refractivity contribution in [2.75, 3.05) is 18.5 Å². The van der Waals surface area contributed by atoms with E-state index >= 15 is 0 Å². The minimum absolute atomic E-state index is 0.608. The van der Waals surface area contributed by atoms with Crippen LogP contribution in [0.25, 0.3) is 0 Å². The zero-order valence-electron chi connectivity index (χ0n) is 9.28. The first-order valence-corrected chi connectivity index (χ1v) is 4.75. The second-order valence-electron chi connectivity index (χ2n) is 4.32. The summed E-state index contributed by atoms with van der Waals surface area (Å²) in [5, 5.41) is 9.66. The van der Waals surface area contributed by atoms with Crippen LogP contribution >= 0.6 is 0 Å². The highest BCUT2D eigenvalue weighted by Gasteiger charge is 2.15. The topological polar surface area (TPSA) is 36.4 Å². The van der Waals surface area contributed by atoms with E-state index in [-0.39, 0.29) is 0 Å². The summed E-state index contributed by atoms with van der Waals surface area (Å²) < 4.78 is 0. The normalized spacial score (nSPS) is 11.5. The van der Waals surface area contributed by atoms with Gasteiger partial charge in [0.1, 0.15) is 0 Å². The number of nitrogens with zero attached hydrogens (tertiary/aromatic N) is 2. The molecule has 1 aromatic rings. The van der Waals surface area contributed by atoms with Crippen LogP contribution in [-0.2, 0) is 0 Å². The highest BCUT2D eigenvalue weighted by atomic mass is 16.3. The molecule has 0 saturated carbocycles. The summed E-state index contributed by atoms with van der Waals surface area (Å²) in [5.74, 6) is 0. The molecule has 14 heavy (non-hydrogen) atoms. The monoisotopic (exact) mass is 194 g/mol. The van der Waals surface area contributed by atoms with Crippen LogP contribution < -0.4 is 4.90 Å². The second-order valence-corrected chi connectivity index (χ2v) is 4.32. The first kappa shape index (κ1) is 11.0. The van der Waals surface area contributed by atoms with Crippen molar-refractivity contribution >= 4 is 5.69 Å². The average molecular weight is 194 g/mol. The Labute approximate surface area is 85.4 Å². The number of likely N-dealkylation sites (N-methyl/N-ethyl adjacent to an activating group) is 1. The lowest BCUT2D eigenvalue weighted by Gasteiger charge is -2.27. The second kappa shape index (κ2) is 3.96. The minimum Gasteiger partial charge on any atom is -0.389 e. The van der Waals surface area contributed by atoms with E-state index in [1.807, 2.05) is 31.0 Å². The number of pyridine rings is 1. The molecule has 0 saturated heterocycles. The Morgan fingerprint density at radius 3 is 2.64 bits per heavy atom. The third-order valence-electron chi connectivity index (χ3n) is 1.95. The molecule has 0 aliphatic carbocycles. The maximum Gasteiger partial charge on any atom is 0.0765 e. The van der Waals surface area contributed by atoms with Crippen molar-refractivity contribution < 1.29 is 5.11 Å². The molecule has 1 heterocycles. The van der Waals surface area contributed by atoms with Crippen molar-refractivity contribution in [1.29, 1.82) is 0 Å². The van der Waals surface area contributed by atoms with Gasteiger partial charge in [0.05, 0.1) is 5.60 Å². The zero-order chi connectivity index (χ0) is 10.8. The molecule has 0 atom stereocenters. The van der Waals surface area contributed by atoms with Gasteiger partial charge < -0.3 is 10.0 Å². The standard InChI is InChI=1S/C11H18N2O/c1-9-7-10(5-6-12-9)13(4)8-11(2,3)14/h5-7,14H,8H2,1-4H3. The quantitative estimate of drug-likeness (QED) is 0.794. The Morgan fingerprint density at radius 2 is 2.14 bits per heavy atom. The Morgan fingerprint density at radius 1 is 1.50 bits per heavy atom. The van der Waals surface area contributed by atoms with Gasteiger partial charge in [0.15, 0.2) is 0 Å². The summed E-state index contributed by atoms with van der Waals surface area (Å²) >= 11 is 0. The number of aromatic nitrogens is 1. The van der Waals surface area contributed by atoms with Gasteiger partial charge in [0.25, 0.3) is 0 Å². The van der Waals surface area contributed by atoms with Crippen LogP contribution in [0.4, 0.5) is 5.69 Å². The van der Waals surface area contributed by atoms with Crippen LogP contribution in [0.15, 0.2) is 18.3 Å². The molecule has 1 rings (SSSR count). The van der Waals surface area contributed by atoms with Gasteiger partial charge >= 0.3 is 0 Å². The number of anilines is 1. The van der Waals surface area contributed by atoms with Crippen molar-refractivity contribution in [2.24, 2.45) is 0 Å². The Hall–Kier alpha value is -1.09. The van der Waals surface area contributed by atoms with E-state index < -0.39 is 5.60 Å². The maximum atomic E-state index is 9.66. The van der Waals surface area contributed by atoms with Crippen LogP contribution in [0, 0.1) is 6.92 Å². The largest absolute Gasteiger partial charge is 0.389 e. The molecule has 78 valence electrons. The van der Waals surface area contributed by atoms with Gasteiger partial charge in [0.2, 0.25) is 0 Å². The Balaban J connectivity index is 2.74. The first-order valence-electron chi connectivity index (χ1n) is 4.75. The fraction of sp³-hybridized carbons (Fsp3) is 0.545. The zero-order valence-corrected chi connectivity index (χ0v) is 9.28. The number of rotatable bonds is 3. The van der Waals surface area contributed by atoms with Gasteiger partial charge in [-0.1, -0.05) is 0 Å². The molecule has 1 aromatic heterocycles. The van der Waals surface area contributed by atoms with Crippen molar-refractivity contribution in [3.63, 3.8) is 0 Å². The molecular formula is C11H18N2O. The van der Waals surface area contributed by atoms with Crippen molar-refractivity contribution in [3.8, 4) is 0 Å². The fourth-order valence-electron chi connectivity index (χ4n) is 1.44. The predicted molar refractivity (Wildman–Crippen MR) is 58.5 cm³/mol. The van der Waals surface area contributed by atoms with Crippen molar-refractivity contribution in [1.82, 2.24) is 4.98 Å². The molecule has 1 N–H and O–H groups in total. The SMILES string of the molecule is Cc1cc(N(C)CC(C)(C)O)ccn1. The van der Waals surface area contributed by atoms with E-state index in [0.717, 1.165) is 11.4 Å². The average Bonchev–Trinajstić information content (AvgIpc) is 2.01. The summed E-state index contributed by atoms with van der Waals surface area (Å²) in [7, 11) is 1.97. The molecule has 0 fully saturated rings. The van der Waals surface area contributed by atoms with Gasteiger partial charge in [-0.3, -0.25) is 4.98 Å². The lowest BCUT2D eigenvalue weighted by atomic mass is 10.1. The molecule has 0 aliphatic rings. The van der Waals surface area contributed by atoms with Crippen molar-refractivity contribution in [3.05, 3.63) is 24.0 Å². The molecule has 0 radical (unpaired) electrons. The lowest BCUT2D eigenvalue weighted by Crippen LogP contribution is -2.36. The van der Waals surface area contributed by atoms with E-state index in [1.54, 1.807) is 20.0 Å². The van der Waals surface area contributed by atoms with Crippen LogP contribution in [0.1, 0.15) is 19.5 Å². The van der Waals surface area contributed by atoms with E-state index in [4.69, 9.17) is 0 Å². The summed E-state index contributed by atoms with van der Waals surface area (Å²) in [5.41, 5.74) is 1.40. The summed E-state index contributed by atoms with van der Waals surface area (Å²) in [4.78, 5) is 6.15. The smallest absolute Gasteiger partial charge is 0.0765 e. The lowest BCUT2D eigenvalue weighted by molar-refractivity contribution is 0.0886. The fourth-order valence-corrected chi connectivity index (χ4v) is 1.44. The molecule has 0 aromatic carbocycles. The first-order chi connectivity index (χ1) is 6.38. The van der Waals surface area contributed by atoms with Crippen molar-refractivity contribution in [2.45, 2.75) is 26.4 Å². The number of aryl methyl sites for hydroxylation is 1. The number of hydrogen-bond donors (Lipinski definition) is 1. The highest BCUT2D eigenvalue weighted by Crippen LogP contribution is 2.15. The van der Waals surface area contributed by atoms with Gasteiger partial charge in [-0.15, -0.1) is 0 Å². The third kappa shape index (κ3) is 3.34. The molecule has 0 unspecified atom stereocenters. The highest BCUT2D eigenvalue weighted by molar-refractivity contribution is 5.45. The van der Waals surface area contributed by atoms with E-state index in [0.29, 0.717) is 6.54 Å². The maximum absolute atomic E-state index is 9.66. The van der Waals surface area contributed by atoms with Gasteiger partial charge in [-0.05, 0) is 32.9 Å². The molecule has 0 amide bonds. The molecule has 3 heteroatoms. The van der Waals surface area contributed by atoms with E-state index in [1.165, 1.54) is 0 Å². The van der Waals surface area contributed by atoms with Crippen LogP contribution in [0.5, 0.6) is 0 Å². The van der Waals surface area contributed by atoms with Gasteiger partial charge in [0, 0.05) is 31.2 Å². The predicted octanol–water partition coefficient (Wildman–Crippen LogP) is 1.60. The van der Waals surface area contributed by atoms with Gasteiger partial charge in [-0.25, -0.2) is 0 Å². The molecule has 0 aliphatic heterocycles. The number of hydrogen-bond acceptors (Lipinski definition) is 3. The van der Waals surface area contributed by atoms with Crippen LogP contribution in [0.3, 0.4) is 0 Å². The molecule has 3 nitrogen and oxygen atoms in total. The van der Waals surface area contributed by atoms with Gasteiger partial charge in [-0.2, -0.15) is 0 Å². The summed E-state index contributed by atoms with van der Waals surface area (Å²) in [6, 6.07) is 3.95. The van der Waals surface area contributed by atoms with E-state index in [9.17, 15) is 5.11 Å². The molecule has 0 bridgehead atoms. The number of aliphatic hydroxyl groups is 1. The molecule has 0 spiro atoms. The van der Waals surface area contributed by atoms with Crippen LogP contribution in [-0.4, -0.2) is 29.3 Å².